The van der Waals surface area contributed by atoms with Crippen LogP contribution in [0.1, 0.15) is 45.2 Å². The molecule has 1 aromatic rings. The third-order valence-electron chi connectivity index (χ3n) is 3.48. The molecule has 2 N–H and O–H groups in total. The van der Waals surface area contributed by atoms with E-state index in [-0.39, 0.29) is 18.2 Å². The molecule has 1 heterocycles. The number of carbonyl (C=O) groups excluding carboxylic acids is 1. The lowest BCUT2D eigenvalue weighted by Crippen LogP contribution is -2.45. The molecule has 22 heavy (non-hydrogen) atoms. The first-order chi connectivity index (χ1) is 10.3. The summed E-state index contributed by atoms with van der Waals surface area (Å²) in [4.78, 5) is 11.9. The molecule has 4 nitrogen and oxygen atoms in total. The highest BCUT2D eigenvalue weighted by Crippen LogP contribution is 2.33. The predicted octanol–water partition coefficient (Wildman–Crippen LogP) is 4.31. The average Bonchev–Trinajstić information content (AvgIpc) is 2.40. The summed E-state index contributed by atoms with van der Waals surface area (Å²) < 4.78 is 5.31. The van der Waals surface area contributed by atoms with Gasteiger partial charge >= 0.3 is 6.09 Å². The lowest BCUT2D eigenvalue weighted by atomic mass is 9.94. The van der Waals surface area contributed by atoms with Gasteiger partial charge in [0.2, 0.25) is 0 Å². The van der Waals surface area contributed by atoms with Crippen molar-refractivity contribution in [2.24, 2.45) is 0 Å². The highest BCUT2D eigenvalue weighted by molar-refractivity contribution is 6.42. The summed E-state index contributed by atoms with van der Waals surface area (Å²) in [5.74, 6) is 0. The molecule has 1 aliphatic rings. The molecular weight excluding hydrogens is 323 g/mol. The molecule has 1 aliphatic heterocycles. The van der Waals surface area contributed by atoms with Gasteiger partial charge in [-0.25, -0.2) is 4.79 Å². The quantitative estimate of drug-likeness (QED) is 0.840. The summed E-state index contributed by atoms with van der Waals surface area (Å²) in [6, 6.07) is 5.74. The molecule has 1 aromatic carbocycles. The summed E-state index contributed by atoms with van der Waals surface area (Å²) in [7, 11) is 0. The van der Waals surface area contributed by atoms with Gasteiger partial charge in [0.25, 0.3) is 0 Å². The molecule has 0 spiro atoms. The van der Waals surface area contributed by atoms with Crippen molar-refractivity contribution in [3.8, 4) is 0 Å². The van der Waals surface area contributed by atoms with Crippen molar-refractivity contribution in [1.82, 2.24) is 10.6 Å². The molecule has 1 amide bonds. The van der Waals surface area contributed by atoms with Crippen LogP contribution in [0.4, 0.5) is 4.79 Å². The minimum Gasteiger partial charge on any atom is -0.444 e. The normalized spacial score (nSPS) is 22.2. The molecule has 0 saturated carbocycles. The Hall–Kier alpha value is -0.970. The number of piperidine rings is 1. The smallest absolute Gasteiger partial charge is 0.407 e. The second-order valence-corrected chi connectivity index (χ2v) is 7.30. The molecule has 2 unspecified atom stereocenters. The maximum Gasteiger partial charge on any atom is 0.407 e. The molecule has 6 heteroatoms. The van der Waals surface area contributed by atoms with Gasteiger partial charge in [-0.2, -0.15) is 0 Å². The Kier molecular flexibility index (Phi) is 5.59. The number of alkyl carbamates (subject to hydrolysis) is 1. The number of hydrogen-bond acceptors (Lipinski definition) is 3. The van der Waals surface area contributed by atoms with E-state index < -0.39 is 5.60 Å². The van der Waals surface area contributed by atoms with Crippen LogP contribution in [0.2, 0.25) is 10.0 Å². The van der Waals surface area contributed by atoms with E-state index in [1.165, 1.54) is 0 Å². The number of amides is 1. The van der Waals surface area contributed by atoms with Crippen molar-refractivity contribution in [3.63, 3.8) is 0 Å². The van der Waals surface area contributed by atoms with Gasteiger partial charge in [0.05, 0.1) is 10.0 Å². The maximum atomic E-state index is 11.9. The highest BCUT2D eigenvalue weighted by Gasteiger charge is 2.27. The van der Waals surface area contributed by atoms with Crippen LogP contribution in [-0.4, -0.2) is 24.3 Å². The first-order valence-corrected chi connectivity index (χ1v) is 8.18. The molecule has 0 radical (unpaired) electrons. The molecule has 1 fully saturated rings. The van der Waals surface area contributed by atoms with Gasteiger partial charge in [0, 0.05) is 12.1 Å². The van der Waals surface area contributed by atoms with E-state index in [4.69, 9.17) is 27.9 Å². The Morgan fingerprint density at radius 1 is 1.36 bits per heavy atom. The number of halogens is 2. The Bertz CT molecular complexity index is 543. The molecule has 0 aromatic heterocycles. The summed E-state index contributed by atoms with van der Waals surface area (Å²) in [6.45, 7) is 6.35. The SMILES string of the molecule is CC(C)(C)OC(=O)NC1CCNC(c2cccc(Cl)c2Cl)C1. The van der Waals surface area contributed by atoms with Gasteiger partial charge in [-0.15, -0.1) is 0 Å². The largest absolute Gasteiger partial charge is 0.444 e. The third kappa shape index (κ3) is 4.77. The van der Waals surface area contributed by atoms with Crippen LogP contribution in [0.5, 0.6) is 0 Å². The zero-order valence-electron chi connectivity index (χ0n) is 13.1. The predicted molar refractivity (Wildman–Crippen MR) is 89.6 cm³/mol. The van der Waals surface area contributed by atoms with E-state index in [1.54, 1.807) is 6.07 Å². The van der Waals surface area contributed by atoms with E-state index in [0.29, 0.717) is 10.0 Å². The van der Waals surface area contributed by atoms with Gasteiger partial charge in [0.15, 0.2) is 0 Å². The standard InChI is InChI=1S/C16H22Cl2N2O2/c1-16(2,3)22-15(21)20-10-7-8-19-13(9-10)11-5-4-6-12(17)14(11)18/h4-6,10,13,19H,7-9H2,1-3H3,(H,20,21). The first kappa shape index (κ1) is 17.4. The fourth-order valence-corrected chi connectivity index (χ4v) is 2.99. The van der Waals surface area contributed by atoms with Gasteiger partial charge < -0.3 is 15.4 Å². The van der Waals surface area contributed by atoms with E-state index in [9.17, 15) is 4.79 Å². The van der Waals surface area contributed by atoms with Crippen molar-refractivity contribution in [1.29, 1.82) is 0 Å². The van der Waals surface area contributed by atoms with Crippen molar-refractivity contribution in [2.45, 2.75) is 51.3 Å². The number of benzene rings is 1. The van der Waals surface area contributed by atoms with Crippen LogP contribution in [-0.2, 0) is 4.74 Å². The van der Waals surface area contributed by atoms with Crippen LogP contribution in [0.25, 0.3) is 0 Å². The zero-order chi connectivity index (χ0) is 16.3. The van der Waals surface area contributed by atoms with Crippen molar-refractivity contribution < 1.29 is 9.53 Å². The maximum absolute atomic E-state index is 11.9. The molecule has 2 atom stereocenters. The summed E-state index contributed by atoms with van der Waals surface area (Å²) in [5.41, 5.74) is 0.469. The number of hydrogen-bond donors (Lipinski definition) is 2. The highest BCUT2D eigenvalue weighted by atomic mass is 35.5. The fraction of sp³-hybridized carbons (Fsp3) is 0.562. The van der Waals surface area contributed by atoms with E-state index in [0.717, 1.165) is 24.9 Å². The van der Waals surface area contributed by atoms with Gasteiger partial charge in [-0.3, -0.25) is 0 Å². The minimum absolute atomic E-state index is 0.0520. The Morgan fingerprint density at radius 2 is 2.09 bits per heavy atom. The molecule has 2 rings (SSSR count). The second kappa shape index (κ2) is 7.07. The van der Waals surface area contributed by atoms with Gasteiger partial charge in [-0.1, -0.05) is 35.3 Å². The van der Waals surface area contributed by atoms with Crippen LogP contribution < -0.4 is 10.6 Å². The van der Waals surface area contributed by atoms with E-state index in [2.05, 4.69) is 10.6 Å². The molecule has 0 bridgehead atoms. The summed E-state index contributed by atoms with van der Waals surface area (Å²) in [6.07, 6.45) is 1.23. The van der Waals surface area contributed by atoms with Crippen LogP contribution in [0.3, 0.4) is 0 Å². The summed E-state index contributed by atoms with van der Waals surface area (Å²) >= 11 is 12.4. The minimum atomic E-state index is -0.493. The number of carbonyl (C=O) groups is 1. The Balaban J connectivity index is 2.00. The molecule has 0 aliphatic carbocycles. The van der Waals surface area contributed by atoms with Crippen molar-refractivity contribution >= 4 is 29.3 Å². The molecule has 1 saturated heterocycles. The third-order valence-corrected chi connectivity index (χ3v) is 4.32. The Labute approximate surface area is 141 Å². The van der Waals surface area contributed by atoms with Crippen LogP contribution in [0.15, 0.2) is 18.2 Å². The fourth-order valence-electron chi connectivity index (χ4n) is 2.55. The van der Waals surface area contributed by atoms with Crippen LogP contribution in [0, 0.1) is 0 Å². The van der Waals surface area contributed by atoms with Crippen LogP contribution >= 0.6 is 23.2 Å². The van der Waals surface area contributed by atoms with Gasteiger partial charge in [-0.05, 0) is 51.8 Å². The van der Waals surface area contributed by atoms with Crippen molar-refractivity contribution in [3.05, 3.63) is 33.8 Å². The first-order valence-electron chi connectivity index (χ1n) is 7.43. The summed E-state index contributed by atoms with van der Waals surface area (Å²) in [5, 5.41) is 7.47. The van der Waals surface area contributed by atoms with E-state index >= 15 is 0 Å². The Morgan fingerprint density at radius 3 is 2.77 bits per heavy atom. The van der Waals surface area contributed by atoms with Gasteiger partial charge in [0.1, 0.15) is 5.60 Å². The van der Waals surface area contributed by atoms with E-state index in [1.807, 2.05) is 32.9 Å². The zero-order valence-corrected chi connectivity index (χ0v) is 14.6. The average molecular weight is 345 g/mol. The second-order valence-electron chi connectivity index (χ2n) is 6.52. The van der Waals surface area contributed by atoms with Crippen molar-refractivity contribution in [2.75, 3.05) is 6.54 Å². The number of ether oxygens (including phenoxy) is 1. The molecule has 122 valence electrons. The monoisotopic (exact) mass is 344 g/mol. The lowest BCUT2D eigenvalue weighted by Gasteiger charge is -2.32. The topological polar surface area (TPSA) is 50.4 Å². The number of nitrogens with one attached hydrogen (secondary N) is 2. The molecular formula is C16H22Cl2N2O2. The lowest BCUT2D eigenvalue weighted by molar-refractivity contribution is 0.0490. The number of rotatable bonds is 2.